The third kappa shape index (κ3) is 3.46. The van der Waals surface area contributed by atoms with Crippen LogP contribution in [0, 0.1) is 0 Å². The first-order valence-electron chi connectivity index (χ1n) is 5.81. The topological polar surface area (TPSA) is 0 Å². The van der Waals surface area contributed by atoms with E-state index in [9.17, 15) is 0 Å². The van der Waals surface area contributed by atoms with Crippen LogP contribution in [0.2, 0.25) is 0 Å². The highest BCUT2D eigenvalue weighted by atomic mass is 14.0. The highest BCUT2D eigenvalue weighted by molar-refractivity contribution is 5.50. The van der Waals surface area contributed by atoms with E-state index in [4.69, 9.17) is 0 Å². The van der Waals surface area contributed by atoms with Crippen molar-refractivity contribution in [1.29, 1.82) is 0 Å². The molecule has 0 aliphatic heterocycles. The summed E-state index contributed by atoms with van der Waals surface area (Å²) in [5.41, 5.74) is 3.73. The normalized spacial score (nSPS) is 10.6. The van der Waals surface area contributed by atoms with Crippen LogP contribution in [0.3, 0.4) is 0 Å². The predicted octanol–water partition coefficient (Wildman–Crippen LogP) is 4.59. The average molecular weight is 220 g/mol. The summed E-state index contributed by atoms with van der Waals surface area (Å²) >= 11 is 0. The van der Waals surface area contributed by atoms with Crippen LogP contribution >= 0.6 is 0 Å². The van der Waals surface area contributed by atoms with Gasteiger partial charge in [0.05, 0.1) is 0 Å². The Morgan fingerprint density at radius 1 is 0.824 bits per heavy atom. The molecule has 0 aliphatic rings. The quantitative estimate of drug-likeness (QED) is 0.707. The van der Waals surface area contributed by atoms with Crippen LogP contribution in [0.1, 0.15) is 16.7 Å². The molecule has 17 heavy (non-hydrogen) atoms. The maximum atomic E-state index is 3.75. The van der Waals surface area contributed by atoms with Gasteiger partial charge in [-0.2, -0.15) is 0 Å². The summed E-state index contributed by atoms with van der Waals surface area (Å²) in [6.07, 6.45) is 7.18. The summed E-state index contributed by atoms with van der Waals surface area (Å²) in [6.45, 7) is 3.75. The third-order valence-corrected chi connectivity index (χ3v) is 2.68. The van der Waals surface area contributed by atoms with Gasteiger partial charge in [0.1, 0.15) is 0 Å². The summed E-state index contributed by atoms with van der Waals surface area (Å²) in [6, 6.07) is 18.8. The Hall–Kier alpha value is -2.08. The van der Waals surface area contributed by atoms with Crippen LogP contribution < -0.4 is 0 Å². The van der Waals surface area contributed by atoms with Crippen LogP contribution in [0.5, 0.6) is 0 Å². The number of allylic oxidation sites excluding steroid dienone is 1. The SMILES string of the molecule is C=Cc1ccc(C/C=C/c2ccccc2)cc1. The minimum Gasteiger partial charge on any atom is -0.0985 e. The highest BCUT2D eigenvalue weighted by Crippen LogP contribution is 2.08. The van der Waals surface area contributed by atoms with Crippen molar-refractivity contribution < 1.29 is 0 Å². The van der Waals surface area contributed by atoms with Gasteiger partial charge in [0.25, 0.3) is 0 Å². The first-order chi connectivity index (χ1) is 8.38. The Morgan fingerprint density at radius 3 is 2.18 bits per heavy atom. The first kappa shape index (κ1) is 11.4. The molecule has 84 valence electrons. The predicted molar refractivity (Wildman–Crippen MR) is 75.7 cm³/mol. The molecule has 0 aromatic heterocycles. The molecule has 2 aromatic rings. The molecule has 2 aromatic carbocycles. The van der Waals surface area contributed by atoms with Crippen molar-refractivity contribution in [3.63, 3.8) is 0 Å². The first-order valence-corrected chi connectivity index (χ1v) is 5.81. The van der Waals surface area contributed by atoms with Crippen LogP contribution in [0.4, 0.5) is 0 Å². The maximum Gasteiger partial charge on any atom is -0.00941 e. The Kier molecular flexibility index (Phi) is 3.93. The molecule has 0 saturated heterocycles. The van der Waals surface area contributed by atoms with E-state index in [0.29, 0.717) is 0 Å². The zero-order valence-corrected chi connectivity index (χ0v) is 9.84. The Morgan fingerprint density at radius 2 is 1.53 bits per heavy atom. The van der Waals surface area contributed by atoms with E-state index in [-0.39, 0.29) is 0 Å². The molecule has 0 amide bonds. The molecule has 0 aliphatic carbocycles. The molecule has 2 rings (SSSR count). The number of benzene rings is 2. The Balaban J connectivity index is 1.97. The van der Waals surface area contributed by atoms with E-state index < -0.39 is 0 Å². The van der Waals surface area contributed by atoms with E-state index in [1.54, 1.807) is 0 Å². The van der Waals surface area contributed by atoms with Gasteiger partial charge in [0.15, 0.2) is 0 Å². The van der Waals surface area contributed by atoms with E-state index >= 15 is 0 Å². The molecule has 0 atom stereocenters. The second-order valence-corrected chi connectivity index (χ2v) is 3.96. The fraction of sp³-hybridized carbons (Fsp3) is 0.0588. The number of rotatable bonds is 4. The summed E-state index contributed by atoms with van der Waals surface area (Å²) in [4.78, 5) is 0. The molecular weight excluding hydrogens is 204 g/mol. The maximum absolute atomic E-state index is 3.75. The van der Waals surface area contributed by atoms with Crippen LogP contribution in [0.25, 0.3) is 12.2 Å². The van der Waals surface area contributed by atoms with Gasteiger partial charge in [-0.3, -0.25) is 0 Å². The van der Waals surface area contributed by atoms with Gasteiger partial charge in [-0.25, -0.2) is 0 Å². The fourth-order valence-corrected chi connectivity index (χ4v) is 1.69. The lowest BCUT2D eigenvalue weighted by atomic mass is 10.1. The average Bonchev–Trinajstić information content (AvgIpc) is 2.41. The summed E-state index contributed by atoms with van der Waals surface area (Å²) in [5, 5.41) is 0. The van der Waals surface area contributed by atoms with Gasteiger partial charge < -0.3 is 0 Å². The molecule has 0 N–H and O–H groups in total. The molecule has 0 fully saturated rings. The highest BCUT2D eigenvalue weighted by Gasteiger charge is 1.90. The standard InChI is InChI=1S/C17H16/c1-2-15-11-13-17(14-12-15)10-6-9-16-7-4-3-5-8-16/h2-9,11-14H,1,10H2/b9-6+. The lowest BCUT2D eigenvalue weighted by Gasteiger charge is -1.97. The second-order valence-electron chi connectivity index (χ2n) is 3.96. The molecule has 0 radical (unpaired) electrons. The van der Waals surface area contributed by atoms with Gasteiger partial charge in [0, 0.05) is 0 Å². The smallest absolute Gasteiger partial charge is 0.00941 e. The summed E-state index contributed by atoms with van der Waals surface area (Å²) in [7, 11) is 0. The fourth-order valence-electron chi connectivity index (χ4n) is 1.69. The molecule has 0 bridgehead atoms. The van der Waals surface area contributed by atoms with Crippen LogP contribution in [0.15, 0.2) is 67.3 Å². The van der Waals surface area contributed by atoms with Crippen molar-refractivity contribution >= 4 is 12.2 Å². The molecule has 0 heteroatoms. The lowest BCUT2D eigenvalue weighted by molar-refractivity contribution is 1.28. The lowest BCUT2D eigenvalue weighted by Crippen LogP contribution is -1.81. The largest absolute Gasteiger partial charge is 0.0985 e. The van der Waals surface area contributed by atoms with Crippen LogP contribution in [-0.2, 0) is 6.42 Å². The van der Waals surface area contributed by atoms with Crippen molar-refractivity contribution in [3.05, 3.63) is 83.9 Å². The Labute approximate surface area is 103 Å². The van der Waals surface area contributed by atoms with Gasteiger partial charge in [-0.1, -0.05) is 79.4 Å². The summed E-state index contributed by atoms with van der Waals surface area (Å²) < 4.78 is 0. The van der Waals surface area contributed by atoms with Crippen LogP contribution in [-0.4, -0.2) is 0 Å². The van der Waals surface area contributed by atoms with E-state index in [1.807, 2.05) is 12.1 Å². The van der Waals surface area contributed by atoms with Crippen molar-refractivity contribution in [2.45, 2.75) is 6.42 Å². The van der Waals surface area contributed by atoms with Crippen molar-refractivity contribution in [2.75, 3.05) is 0 Å². The van der Waals surface area contributed by atoms with Gasteiger partial charge in [-0.15, -0.1) is 0 Å². The number of hydrogen-bond donors (Lipinski definition) is 0. The molecular formula is C17H16. The van der Waals surface area contributed by atoms with E-state index in [1.165, 1.54) is 16.7 Å². The molecule has 0 nitrogen and oxygen atoms in total. The third-order valence-electron chi connectivity index (χ3n) is 2.68. The molecule has 0 unspecified atom stereocenters. The van der Waals surface area contributed by atoms with Crippen molar-refractivity contribution in [2.24, 2.45) is 0 Å². The van der Waals surface area contributed by atoms with E-state index in [2.05, 4.69) is 67.3 Å². The minimum atomic E-state index is 0.965. The van der Waals surface area contributed by atoms with Crippen molar-refractivity contribution in [1.82, 2.24) is 0 Å². The van der Waals surface area contributed by atoms with Gasteiger partial charge in [-0.05, 0) is 23.1 Å². The number of hydrogen-bond acceptors (Lipinski definition) is 0. The summed E-state index contributed by atoms with van der Waals surface area (Å²) in [5.74, 6) is 0. The Bertz CT molecular complexity index is 489. The van der Waals surface area contributed by atoms with Gasteiger partial charge in [0.2, 0.25) is 0 Å². The zero-order valence-electron chi connectivity index (χ0n) is 9.84. The molecule has 0 saturated carbocycles. The molecule has 0 spiro atoms. The minimum absolute atomic E-state index is 0.965. The molecule has 0 heterocycles. The zero-order chi connectivity index (χ0) is 11.9. The van der Waals surface area contributed by atoms with E-state index in [0.717, 1.165) is 6.42 Å². The van der Waals surface area contributed by atoms with Crippen molar-refractivity contribution in [3.8, 4) is 0 Å². The monoisotopic (exact) mass is 220 g/mol. The second kappa shape index (κ2) is 5.86. The van der Waals surface area contributed by atoms with Gasteiger partial charge >= 0.3 is 0 Å².